The molecule has 4 rings (SSSR count). The summed E-state index contributed by atoms with van der Waals surface area (Å²) in [4.78, 5) is 39.7. The molecular formula is C30H30N2O6. The molecule has 0 atom stereocenters. The first kappa shape index (κ1) is 26.6. The molecule has 1 heterocycles. The second-order valence-electron chi connectivity index (χ2n) is 8.50. The number of anilines is 1. The van der Waals surface area contributed by atoms with Crippen LogP contribution in [0.2, 0.25) is 0 Å². The summed E-state index contributed by atoms with van der Waals surface area (Å²) in [5.41, 5.74) is -0.217. The van der Waals surface area contributed by atoms with Crippen LogP contribution in [0.1, 0.15) is 36.8 Å². The number of esters is 2. The van der Waals surface area contributed by atoms with Crippen LogP contribution >= 0.6 is 0 Å². The summed E-state index contributed by atoms with van der Waals surface area (Å²) in [7, 11) is 0. The zero-order chi connectivity index (χ0) is 27.3. The van der Waals surface area contributed by atoms with E-state index in [2.05, 4.69) is 5.32 Å². The van der Waals surface area contributed by atoms with E-state index >= 15 is 0 Å². The Bertz CT molecular complexity index is 1460. The molecule has 0 saturated carbocycles. The fraction of sp³-hybridized carbons (Fsp3) is 0.233. The lowest BCUT2D eigenvalue weighted by atomic mass is 9.90. The molecule has 0 unspecified atom stereocenters. The largest absolute Gasteiger partial charge is 0.463 e. The van der Waals surface area contributed by atoms with Crippen LogP contribution in [0, 0.1) is 0 Å². The van der Waals surface area contributed by atoms with Crippen LogP contribution in [0.3, 0.4) is 0 Å². The van der Waals surface area contributed by atoms with Crippen molar-refractivity contribution >= 4 is 34.4 Å². The van der Waals surface area contributed by atoms with E-state index in [9.17, 15) is 19.5 Å². The average Bonchev–Trinajstić information content (AvgIpc) is 3.28. The minimum absolute atomic E-state index is 0.0134. The third kappa shape index (κ3) is 4.66. The second-order valence-corrected chi connectivity index (χ2v) is 8.50. The Labute approximate surface area is 220 Å². The molecule has 1 amide bonds. The normalized spacial score (nSPS) is 11.3. The van der Waals surface area contributed by atoms with Crippen molar-refractivity contribution in [1.82, 2.24) is 4.57 Å². The van der Waals surface area contributed by atoms with Gasteiger partial charge in [0.15, 0.2) is 0 Å². The van der Waals surface area contributed by atoms with Gasteiger partial charge in [0.1, 0.15) is 0 Å². The molecule has 0 spiro atoms. The van der Waals surface area contributed by atoms with E-state index in [1.165, 1.54) is 0 Å². The highest BCUT2D eigenvalue weighted by molar-refractivity contribution is 6.12. The molecule has 0 bridgehead atoms. The number of benzene rings is 3. The smallest absolute Gasteiger partial charge is 0.356 e. The number of para-hydroxylation sites is 2. The van der Waals surface area contributed by atoms with Crippen molar-refractivity contribution in [1.29, 1.82) is 0 Å². The zero-order valence-corrected chi connectivity index (χ0v) is 21.6. The average molecular weight is 515 g/mol. The number of rotatable bonds is 9. The Morgan fingerprint density at radius 2 is 1.39 bits per heavy atom. The van der Waals surface area contributed by atoms with Crippen LogP contribution in [0.4, 0.5) is 5.69 Å². The summed E-state index contributed by atoms with van der Waals surface area (Å²) in [6.45, 7) is 5.26. The minimum Gasteiger partial charge on any atom is -0.463 e. The molecule has 0 aliphatic rings. The molecule has 0 saturated heterocycles. The van der Waals surface area contributed by atoms with Crippen LogP contribution in [-0.4, -0.2) is 40.7 Å². The Kier molecular flexibility index (Phi) is 7.93. The molecule has 0 fully saturated rings. The Balaban J connectivity index is 2.03. The van der Waals surface area contributed by atoms with Crippen molar-refractivity contribution in [3.8, 4) is 11.1 Å². The van der Waals surface area contributed by atoms with Gasteiger partial charge < -0.3 is 24.5 Å². The molecule has 8 heteroatoms. The maximum atomic E-state index is 13.3. The molecule has 38 heavy (non-hydrogen) atoms. The number of hydrogen-bond donors (Lipinski definition) is 2. The highest BCUT2D eigenvalue weighted by Gasteiger charge is 2.53. The van der Waals surface area contributed by atoms with E-state index in [0.29, 0.717) is 39.8 Å². The SMILES string of the molecule is CCOC(=O)C(O)(C(=O)OCC)c1c(-c2ccccc2NC(=O)c2ccccc2)c2ccccc2n1CC. The van der Waals surface area contributed by atoms with E-state index in [0.717, 1.165) is 0 Å². The molecule has 3 aromatic carbocycles. The number of hydrogen-bond acceptors (Lipinski definition) is 6. The number of nitrogens with one attached hydrogen (secondary N) is 1. The lowest BCUT2D eigenvalue weighted by Crippen LogP contribution is -2.48. The highest BCUT2D eigenvalue weighted by Crippen LogP contribution is 2.44. The summed E-state index contributed by atoms with van der Waals surface area (Å²) in [6, 6.07) is 23.2. The summed E-state index contributed by atoms with van der Waals surface area (Å²) in [5, 5.41) is 15.6. The number of aliphatic hydroxyl groups is 1. The predicted molar refractivity (Wildman–Crippen MR) is 145 cm³/mol. The first-order valence-electron chi connectivity index (χ1n) is 12.5. The number of carbonyl (C=O) groups is 3. The van der Waals surface area contributed by atoms with E-state index in [4.69, 9.17) is 9.47 Å². The summed E-state index contributed by atoms with van der Waals surface area (Å²) in [5.74, 6) is -2.60. The van der Waals surface area contributed by atoms with Crippen LogP contribution in [0.15, 0.2) is 78.9 Å². The predicted octanol–water partition coefficient (Wildman–Crippen LogP) is 4.89. The van der Waals surface area contributed by atoms with Crippen LogP contribution < -0.4 is 5.32 Å². The number of aryl methyl sites for hydroxylation is 1. The van der Waals surface area contributed by atoms with Gasteiger partial charge in [-0.05, 0) is 45.0 Å². The molecule has 8 nitrogen and oxygen atoms in total. The molecule has 4 aromatic rings. The summed E-state index contributed by atoms with van der Waals surface area (Å²) < 4.78 is 12.1. The van der Waals surface area contributed by atoms with Gasteiger partial charge in [0.25, 0.3) is 5.91 Å². The van der Waals surface area contributed by atoms with E-state index < -0.39 is 17.5 Å². The first-order valence-corrected chi connectivity index (χ1v) is 12.5. The lowest BCUT2D eigenvalue weighted by Gasteiger charge is -2.27. The van der Waals surface area contributed by atoms with Gasteiger partial charge in [-0.1, -0.05) is 54.6 Å². The maximum Gasteiger partial charge on any atom is 0.356 e. The molecule has 0 aliphatic carbocycles. The van der Waals surface area contributed by atoms with Crippen LogP contribution in [0.5, 0.6) is 0 Å². The van der Waals surface area contributed by atoms with Gasteiger partial charge in [0.2, 0.25) is 0 Å². The molecule has 1 aromatic heterocycles. The minimum atomic E-state index is -2.76. The Morgan fingerprint density at radius 3 is 2.03 bits per heavy atom. The monoisotopic (exact) mass is 514 g/mol. The molecule has 196 valence electrons. The van der Waals surface area contributed by atoms with Gasteiger partial charge in [-0.15, -0.1) is 0 Å². The fourth-order valence-corrected chi connectivity index (χ4v) is 4.62. The number of ether oxygens (including phenoxy) is 2. The van der Waals surface area contributed by atoms with E-state index in [1.807, 2.05) is 37.3 Å². The highest BCUT2D eigenvalue weighted by atomic mass is 16.6. The van der Waals surface area contributed by atoms with Crippen LogP contribution in [-0.2, 0) is 31.2 Å². The van der Waals surface area contributed by atoms with Gasteiger partial charge in [0, 0.05) is 39.8 Å². The quantitative estimate of drug-likeness (QED) is 0.243. The number of carbonyl (C=O) groups excluding carboxylic acids is 3. The maximum absolute atomic E-state index is 13.3. The van der Waals surface area contributed by atoms with Crippen molar-refractivity contribution in [3.63, 3.8) is 0 Å². The number of fused-ring (bicyclic) bond motifs is 1. The van der Waals surface area contributed by atoms with Gasteiger partial charge in [-0.2, -0.15) is 0 Å². The first-order chi connectivity index (χ1) is 18.4. The van der Waals surface area contributed by atoms with Crippen molar-refractivity contribution in [2.24, 2.45) is 0 Å². The van der Waals surface area contributed by atoms with Gasteiger partial charge >= 0.3 is 17.5 Å². The van der Waals surface area contributed by atoms with Gasteiger partial charge in [-0.3, -0.25) is 4.79 Å². The lowest BCUT2D eigenvalue weighted by molar-refractivity contribution is -0.185. The molecule has 0 aliphatic heterocycles. The van der Waals surface area contributed by atoms with Crippen molar-refractivity contribution in [3.05, 3.63) is 90.1 Å². The summed E-state index contributed by atoms with van der Waals surface area (Å²) in [6.07, 6.45) is 0. The van der Waals surface area contributed by atoms with E-state index in [-0.39, 0.29) is 24.8 Å². The molecular weight excluding hydrogens is 484 g/mol. The van der Waals surface area contributed by atoms with Crippen molar-refractivity contribution in [2.75, 3.05) is 18.5 Å². The Hall–Kier alpha value is -4.43. The number of aromatic nitrogens is 1. The summed E-state index contributed by atoms with van der Waals surface area (Å²) >= 11 is 0. The second kappa shape index (κ2) is 11.3. The molecule has 0 radical (unpaired) electrons. The molecule has 2 N–H and O–H groups in total. The fourth-order valence-electron chi connectivity index (χ4n) is 4.62. The standard InChI is InChI=1S/C30H30N2O6/c1-4-32-24-19-13-11-17-22(24)25(26(32)30(36,28(34)37-5-2)29(35)38-6-3)21-16-10-12-18-23(21)31-27(33)20-14-8-7-9-15-20/h7-19,36H,4-6H2,1-3H3,(H,31,33). The van der Waals surface area contributed by atoms with Crippen molar-refractivity contribution < 1.29 is 29.0 Å². The van der Waals surface area contributed by atoms with Gasteiger partial charge in [-0.25, -0.2) is 9.59 Å². The zero-order valence-electron chi connectivity index (χ0n) is 21.6. The number of amides is 1. The number of nitrogens with zero attached hydrogens (tertiary/aromatic N) is 1. The third-order valence-corrected chi connectivity index (χ3v) is 6.25. The van der Waals surface area contributed by atoms with E-state index in [1.54, 1.807) is 66.9 Å². The Morgan fingerprint density at radius 1 is 0.816 bits per heavy atom. The third-order valence-electron chi connectivity index (χ3n) is 6.25. The van der Waals surface area contributed by atoms with Gasteiger partial charge in [0.05, 0.1) is 18.9 Å². The topological polar surface area (TPSA) is 107 Å². The van der Waals surface area contributed by atoms with Crippen molar-refractivity contribution in [2.45, 2.75) is 32.9 Å². The van der Waals surface area contributed by atoms with Crippen LogP contribution in [0.25, 0.3) is 22.0 Å².